The molecule has 1 aromatic heterocycles. The molecule has 0 saturated carbocycles. The lowest BCUT2D eigenvalue weighted by Gasteiger charge is -2.32. The average molecular weight is 417 g/mol. The van der Waals surface area contributed by atoms with E-state index in [2.05, 4.69) is 16.3 Å². The molecule has 0 aliphatic carbocycles. The number of halogens is 1. The zero-order valence-corrected chi connectivity index (χ0v) is 16.9. The fourth-order valence-corrected chi connectivity index (χ4v) is 4.81. The summed E-state index contributed by atoms with van der Waals surface area (Å²) in [5.74, 6) is 2.49. The molecule has 1 spiro atoms. The Morgan fingerprint density at radius 2 is 2.00 bits per heavy atom. The van der Waals surface area contributed by atoms with Gasteiger partial charge in [-0.1, -0.05) is 47.9 Å². The number of carbonyl (C=O) groups excluding carboxylic acids is 2. The predicted molar refractivity (Wildman–Crippen MR) is 115 cm³/mol. The van der Waals surface area contributed by atoms with Gasteiger partial charge < -0.3 is 5.32 Å². The van der Waals surface area contributed by atoms with Gasteiger partial charge in [-0.05, 0) is 30.2 Å². The molecule has 2 aromatic carbocycles. The van der Waals surface area contributed by atoms with Gasteiger partial charge in [0.05, 0.1) is 29.1 Å². The van der Waals surface area contributed by atoms with Crippen LogP contribution in [0.15, 0.2) is 48.7 Å². The third-order valence-electron chi connectivity index (χ3n) is 5.83. The monoisotopic (exact) mass is 416 g/mol. The van der Waals surface area contributed by atoms with E-state index in [-0.39, 0.29) is 24.8 Å². The van der Waals surface area contributed by atoms with Crippen molar-refractivity contribution >= 4 is 34.9 Å². The summed E-state index contributed by atoms with van der Waals surface area (Å²) in [5.41, 5.74) is 2.48. The average Bonchev–Trinajstić information content (AvgIpc) is 3.24. The maximum absolute atomic E-state index is 13.8. The van der Waals surface area contributed by atoms with Crippen LogP contribution in [0, 0.1) is 19.3 Å². The van der Waals surface area contributed by atoms with E-state index in [4.69, 9.17) is 18.0 Å². The number of hydrogen-bond acceptors (Lipinski definition) is 3. The number of aromatic nitrogens is 2. The molecule has 1 N–H and O–H groups in total. The second kappa shape index (κ2) is 6.48. The van der Waals surface area contributed by atoms with E-state index in [1.807, 2.05) is 37.3 Å². The van der Waals surface area contributed by atoms with Gasteiger partial charge in [0.1, 0.15) is 11.2 Å². The Bertz CT molecular complexity index is 1270. The highest BCUT2D eigenvalue weighted by Crippen LogP contribution is 2.54. The first-order valence-corrected chi connectivity index (χ1v) is 9.85. The van der Waals surface area contributed by atoms with Crippen molar-refractivity contribution < 1.29 is 9.59 Å². The van der Waals surface area contributed by atoms with Gasteiger partial charge in [0, 0.05) is 12.0 Å². The summed E-state index contributed by atoms with van der Waals surface area (Å²) in [7, 11) is 0. The molecule has 3 heterocycles. The highest BCUT2D eigenvalue weighted by atomic mass is 35.5. The fraction of sp³-hybridized carbons (Fsp3) is 0.174. The molecule has 2 aliphatic heterocycles. The van der Waals surface area contributed by atoms with Gasteiger partial charge in [-0.2, -0.15) is 5.10 Å². The van der Waals surface area contributed by atoms with Crippen molar-refractivity contribution in [2.75, 3.05) is 16.8 Å². The molecular formula is C23H17ClN4O2. The number of para-hydroxylation sites is 2. The molecular weight excluding hydrogens is 400 g/mol. The number of amides is 2. The molecule has 5 rings (SSSR count). The number of fused-ring (bicyclic) bond motifs is 4. The number of hydrogen-bond donors (Lipinski definition) is 1. The topological polar surface area (TPSA) is 67.2 Å². The van der Waals surface area contributed by atoms with E-state index in [1.165, 1.54) is 4.90 Å². The number of aryl methyl sites for hydroxylation is 1. The molecule has 0 saturated heterocycles. The van der Waals surface area contributed by atoms with Crippen molar-refractivity contribution in [1.29, 1.82) is 0 Å². The largest absolute Gasteiger partial charge is 0.310 e. The summed E-state index contributed by atoms with van der Waals surface area (Å²) < 4.78 is 1.67. The van der Waals surface area contributed by atoms with Gasteiger partial charge in [-0.25, -0.2) is 4.68 Å². The van der Waals surface area contributed by atoms with Crippen LogP contribution in [0.3, 0.4) is 0 Å². The van der Waals surface area contributed by atoms with Gasteiger partial charge in [-0.15, -0.1) is 6.42 Å². The van der Waals surface area contributed by atoms with Crippen molar-refractivity contribution in [3.63, 3.8) is 0 Å². The SMILES string of the molecule is C#CCN1C(=O)[C@@]2(CC(=O)Nc3c2cnn3-c2ccccc2C)c2cccc(Cl)c21. The Morgan fingerprint density at radius 3 is 2.77 bits per heavy atom. The quantitative estimate of drug-likeness (QED) is 0.651. The normalized spacial score (nSPS) is 19.4. The van der Waals surface area contributed by atoms with E-state index >= 15 is 0 Å². The Kier molecular flexibility index (Phi) is 3.99. The van der Waals surface area contributed by atoms with Gasteiger partial charge in [0.15, 0.2) is 0 Å². The summed E-state index contributed by atoms with van der Waals surface area (Å²) in [6.45, 7) is 2.04. The molecule has 148 valence electrons. The number of nitrogens with one attached hydrogen (secondary N) is 1. The van der Waals surface area contributed by atoms with Gasteiger partial charge in [0.25, 0.3) is 0 Å². The van der Waals surface area contributed by atoms with Crippen LogP contribution in [-0.2, 0) is 15.0 Å². The molecule has 2 aliphatic rings. The maximum atomic E-state index is 13.8. The van der Waals surface area contributed by atoms with Crippen LogP contribution in [0.4, 0.5) is 11.5 Å². The standard InChI is InChI=1S/C23H17ClN4O2/c1-3-11-27-20-15(8-6-9-17(20)24)23(22(27)30)12-19(29)26-21-16(23)13-25-28(21)18-10-5-4-7-14(18)2/h1,4-10,13H,11-12H2,2H3,(H,26,29)/t23-/m0/s1. The van der Waals surface area contributed by atoms with Crippen LogP contribution in [0.2, 0.25) is 5.02 Å². The molecule has 3 aromatic rings. The highest BCUT2D eigenvalue weighted by Gasteiger charge is 2.57. The smallest absolute Gasteiger partial charge is 0.243 e. The number of terminal acetylenes is 1. The minimum absolute atomic E-state index is 0.0350. The molecule has 0 fully saturated rings. The van der Waals surface area contributed by atoms with Crippen LogP contribution in [0.1, 0.15) is 23.1 Å². The van der Waals surface area contributed by atoms with Crippen LogP contribution in [0.5, 0.6) is 0 Å². The number of carbonyl (C=O) groups is 2. The second-order valence-corrected chi connectivity index (χ2v) is 7.87. The van der Waals surface area contributed by atoms with Gasteiger partial charge in [-0.3, -0.25) is 14.5 Å². The van der Waals surface area contributed by atoms with Crippen molar-refractivity contribution in [1.82, 2.24) is 9.78 Å². The minimum atomic E-state index is -1.21. The van der Waals surface area contributed by atoms with Crippen LogP contribution >= 0.6 is 11.6 Å². The zero-order valence-electron chi connectivity index (χ0n) is 16.1. The number of anilines is 2. The summed E-state index contributed by atoms with van der Waals surface area (Å²) in [6, 6.07) is 13.1. The Labute approximate surface area is 178 Å². The first-order chi connectivity index (χ1) is 14.5. The lowest BCUT2D eigenvalue weighted by molar-refractivity contribution is -0.126. The number of nitrogens with zero attached hydrogens (tertiary/aromatic N) is 3. The zero-order chi connectivity index (χ0) is 21.0. The van der Waals surface area contributed by atoms with Gasteiger partial charge >= 0.3 is 0 Å². The lowest BCUT2D eigenvalue weighted by Crippen LogP contribution is -2.46. The molecule has 0 unspecified atom stereocenters. The summed E-state index contributed by atoms with van der Waals surface area (Å²) in [5, 5.41) is 7.88. The summed E-state index contributed by atoms with van der Waals surface area (Å²) >= 11 is 6.47. The van der Waals surface area contributed by atoms with Crippen molar-refractivity contribution in [2.24, 2.45) is 0 Å². The third-order valence-corrected chi connectivity index (χ3v) is 6.14. The summed E-state index contributed by atoms with van der Waals surface area (Å²) in [6.07, 6.45) is 7.15. The molecule has 6 nitrogen and oxygen atoms in total. The van der Waals surface area contributed by atoms with Crippen LogP contribution in [0.25, 0.3) is 5.69 Å². The Morgan fingerprint density at radius 1 is 1.20 bits per heavy atom. The van der Waals surface area contributed by atoms with Crippen molar-refractivity contribution in [3.05, 3.63) is 70.4 Å². The molecule has 0 bridgehead atoms. The Balaban J connectivity index is 1.80. The van der Waals surface area contributed by atoms with Crippen LogP contribution < -0.4 is 10.2 Å². The summed E-state index contributed by atoms with van der Waals surface area (Å²) in [4.78, 5) is 28.1. The molecule has 1 atom stereocenters. The first-order valence-electron chi connectivity index (χ1n) is 9.48. The third kappa shape index (κ3) is 2.30. The number of benzene rings is 2. The lowest BCUT2D eigenvalue weighted by atomic mass is 9.72. The highest BCUT2D eigenvalue weighted by molar-refractivity contribution is 6.35. The van der Waals surface area contributed by atoms with Crippen molar-refractivity contribution in [2.45, 2.75) is 18.8 Å². The molecule has 7 heteroatoms. The van der Waals surface area contributed by atoms with Crippen molar-refractivity contribution in [3.8, 4) is 18.0 Å². The predicted octanol–water partition coefficient (Wildman–Crippen LogP) is 3.44. The van der Waals surface area contributed by atoms with E-state index in [9.17, 15) is 9.59 Å². The van der Waals surface area contributed by atoms with E-state index in [0.29, 0.717) is 27.7 Å². The van der Waals surface area contributed by atoms with Gasteiger partial charge in [0.2, 0.25) is 11.8 Å². The Hall–Kier alpha value is -3.56. The minimum Gasteiger partial charge on any atom is -0.310 e. The van der Waals surface area contributed by atoms with E-state index in [0.717, 1.165) is 11.3 Å². The van der Waals surface area contributed by atoms with E-state index < -0.39 is 5.41 Å². The molecule has 0 radical (unpaired) electrons. The first kappa shape index (κ1) is 18.5. The van der Waals surface area contributed by atoms with E-state index in [1.54, 1.807) is 23.0 Å². The fourth-order valence-electron chi connectivity index (χ4n) is 4.53. The van der Waals surface area contributed by atoms with Crippen LogP contribution in [-0.4, -0.2) is 28.1 Å². The molecule has 30 heavy (non-hydrogen) atoms. The second-order valence-electron chi connectivity index (χ2n) is 7.47. The molecule has 2 amide bonds. The maximum Gasteiger partial charge on any atom is 0.243 e. The number of rotatable bonds is 2.